The molecular weight excluding hydrogens is 286 g/mol. The number of amides is 1. The standard InChI is InChI=1S/C15H23N3O4/c1-15(2,3)11-8-17-12(22-11)9-18-6-5-16-14(20)10(18)7-13(19)21-4/h8,10H,5-7,9H2,1-4H3,(H,16,20)/t10-/m1/s1. The zero-order valence-electron chi connectivity index (χ0n) is 13.5. The van der Waals surface area contributed by atoms with Gasteiger partial charge in [-0.3, -0.25) is 14.5 Å². The largest absolute Gasteiger partial charge is 0.469 e. The van der Waals surface area contributed by atoms with Crippen LogP contribution in [0.4, 0.5) is 0 Å². The fourth-order valence-corrected chi connectivity index (χ4v) is 2.32. The number of aromatic nitrogens is 1. The first-order valence-corrected chi connectivity index (χ1v) is 7.35. The Kier molecular flexibility index (Phi) is 4.85. The van der Waals surface area contributed by atoms with E-state index in [1.807, 2.05) is 25.7 Å². The van der Waals surface area contributed by atoms with Crippen molar-refractivity contribution in [3.63, 3.8) is 0 Å². The first-order valence-electron chi connectivity index (χ1n) is 7.35. The normalized spacial score (nSPS) is 19.8. The quantitative estimate of drug-likeness (QED) is 0.830. The molecule has 1 aromatic rings. The first kappa shape index (κ1) is 16.5. The third-order valence-corrected chi connectivity index (χ3v) is 3.66. The zero-order valence-corrected chi connectivity index (χ0v) is 13.5. The molecule has 1 aromatic heterocycles. The summed E-state index contributed by atoms with van der Waals surface area (Å²) in [4.78, 5) is 29.7. The Balaban J connectivity index is 2.09. The summed E-state index contributed by atoms with van der Waals surface area (Å²) in [5.74, 6) is 0.775. The number of hydrogen-bond acceptors (Lipinski definition) is 6. The van der Waals surface area contributed by atoms with Gasteiger partial charge in [0.25, 0.3) is 0 Å². The maximum atomic E-state index is 12.0. The fraction of sp³-hybridized carbons (Fsp3) is 0.667. The van der Waals surface area contributed by atoms with Crippen LogP contribution >= 0.6 is 0 Å². The average Bonchev–Trinajstić information content (AvgIpc) is 2.91. The van der Waals surface area contributed by atoms with Crippen LogP contribution in [0.15, 0.2) is 10.6 Å². The Morgan fingerprint density at radius 2 is 2.27 bits per heavy atom. The molecule has 1 N–H and O–H groups in total. The van der Waals surface area contributed by atoms with E-state index in [2.05, 4.69) is 15.0 Å². The zero-order chi connectivity index (χ0) is 16.3. The predicted molar refractivity (Wildman–Crippen MR) is 79.0 cm³/mol. The topological polar surface area (TPSA) is 84.7 Å². The number of oxazole rings is 1. The van der Waals surface area contributed by atoms with E-state index in [0.717, 1.165) is 5.76 Å². The minimum absolute atomic E-state index is 0.0230. The number of methoxy groups -OCH3 is 1. The molecule has 7 heteroatoms. The summed E-state index contributed by atoms with van der Waals surface area (Å²) in [5, 5.41) is 2.77. The van der Waals surface area contributed by atoms with Gasteiger partial charge in [-0.25, -0.2) is 4.98 Å². The third-order valence-electron chi connectivity index (χ3n) is 3.66. The first-order chi connectivity index (χ1) is 10.3. The number of carbonyl (C=O) groups excluding carboxylic acids is 2. The van der Waals surface area contributed by atoms with Crippen molar-refractivity contribution in [1.82, 2.24) is 15.2 Å². The van der Waals surface area contributed by atoms with E-state index in [-0.39, 0.29) is 17.7 Å². The van der Waals surface area contributed by atoms with Crippen LogP contribution in [-0.4, -0.2) is 48.0 Å². The van der Waals surface area contributed by atoms with E-state index in [4.69, 9.17) is 4.42 Å². The maximum Gasteiger partial charge on any atom is 0.307 e. The SMILES string of the molecule is COC(=O)C[C@@H]1C(=O)NCCN1Cc1ncc(C(C)(C)C)o1. The van der Waals surface area contributed by atoms with Crippen LogP contribution < -0.4 is 5.32 Å². The predicted octanol–water partition coefficient (Wildman–Crippen LogP) is 0.836. The number of rotatable bonds is 4. The molecule has 0 spiro atoms. The highest BCUT2D eigenvalue weighted by atomic mass is 16.5. The minimum atomic E-state index is -0.550. The maximum absolute atomic E-state index is 12.0. The molecule has 22 heavy (non-hydrogen) atoms. The molecule has 122 valence electrons. The molecule has 0 unspecified atom stereocenters. The van der Waals surface area contributed by atoms with Gasteiger partial charge in [-0.05, 0) is 0 Å². The monoisotopic (exact) mass is 309 g/mol. The van der Waals surface area contributed by atoms with E-state index >= 15 is 0 Å². The van der Waals surface area contributed by atoms with Crippen molar-refractivity contribution in [2.24, 2.45) is 0 Å². The smallest absolute Gasteiger partial charge is 0.307 e. The summed E-state index contributed by atoms with van der Waals surface area (Å²) in [6.07, 6.45) is 1.74. The lowest BCUT2D eigenvalue weighted by molar-refractivity contribution is -0.146. The van der Waals surface area contributed by atoms with E-state index < -0.39 is 12.0 Å². The van der Waals surface area contributed by atoms with Gasteiger partial charge in [0.1, 0.15) is 11.8 Å². The number of piperazine rings is 1. The molecule has 1 atom stereocenters. The van der Waals surface area contributed by atoms with Gasteiger partial charge in [0.05, 0.1) is 26.3 Å². The van der Waals surface area contributed by atoms with Crippen LogP contribution in [0.1, 0.15) is 38.8 Å². The molecule has 0 aliphatic carbocycles. The van der Waals surface area contributed by atoms with Crippen molar-refractivity contribution < 1.29 is 18.7 Å². The van der Waals surface area contributed by atoms with Crippen LogP contribution in [0.25, 0.3) is 0 Å². The molecule has 1 aliphatic rings. The van der Waals surface area contributed by atoms with Crippen LogP contribution in [0, 0.1) is 0 Å². The summed E-state index contributed by atoms with van der Waals surface area (Å²) in [6, 6.07) is -0.550. The molecule has 2 rings (SSSR count). The second-order valence-electron chi connectivity index (χ2n) is 6.43. The van der Waals surface area contributed by atoms with Crippen molar-refractivity contribution >= 4 is 11.9 Å². The highest BCUT2D eigenvalue weighted by Gasteiger charge is 2.33. The fourth-order valence-electron chi connectivity index (χ4n) is 2.32. The number of hydrogen-bond donors (Lipinski definition) is 1. The van der Waals surface area contributed by atoms with Gasteiger partial charge < -0.3 is 14.5 Å². The Morgan fingerprint density at radius 3 is 2.86 bits per heavy atom. The number of nitrogens with one attached hydrogen (secondary N) is 1. The van der Waals surface area contributed by atoms with Crippen molar-refractivity contribution in [2.75, 3.05) is 20.2 Å². The number of nitrogens with zero attached hydrogens (tertiary/aromatic N) is 2. The van der Waals surface area contributed by atoms with Gasteiger partial charge in [-0.1, -0.05) is 20.8 Å². The van der Waals surface area contributed by atoms with Crippen molar-refractivity contribution in [1.29, 1.82) is 0 Å². The summed E-state index contributed by atoms with van der Waals surface area (Å²) in [6.45, 7) is 7.72. The summed E-state index contributed by atoms with van der Waals surface area (Å²) >= 11 is 0. The van der Waals surface area contributed by atoms with Crippen LogP contribution in [0.5, 0.6) is 0 Å². The van der Waals surface area contributed by atoms with E-state index in [1.54, 1.807) is 6.20 Å². The molecular formula is C15H23N3O4. The molecule has 0 bridgehead atoms. The molecule has 0 radical (unpaired) electrons. The van der Waals surface area contributed by atoms with Gasteiger partial charge in [0.2, 0.25) is 11.8 Å². The van der Waals surface area contributed by atoms with Gasteiger partial charge in [-0.2, -0.15) is 0 Å². The summed E-state index contributed by atoms with van der Waals surface area (Å²) in [5.41, 5.74) is -0.115. The molecule has 1 saturated heterocycles. The number of ether oxygens (including phenoxy) is 1. The molecule has 0 saturated carbocycles. The van der Waals surface area contributed by atoms with Crippen LogP contribution in [0.3, 0.4) is 0 Å². The van der Waals surface area contributed by atoms with Gasteiger partial charge in [0.15, 0.2) is 0 Å². The van der Waals surface area contributed by atoms with Crippen molar-refractivity contribution in [2.45, 2.75) is 45.2 Å². The molecule has 7 nitrogen and oxygen atoms in total. The number of carbonyl (C=O) groups is 2. The van der Waals surface area contributed by atoms with E-state index in [0.29, 0.717) is 25.5 Å². The highest BCUT2D eigenvalue weighted by Crippen LogP contribution is 2.23. The Hall–Kier alpha value is -1.89. The minimum Gasteiger partial charge on any atom is -0.469 e. The van der Waals surface area contributed by atoms with Gasteiger partial charge >= 0.3 is 5.97 Å². The van der Waals surface area contributed by atoms with Crippen molar-refractivity contribution in [3.05, 3.63) is 17.8 Å². The molecule has 2 heterocycles. The summed E-state index contributed by atoms with van der Waals surface area (Å²) < 4.78 is 10.4. The Bertz CT molecular complexity index is 547. The van der Waals surface area contributed by atoms with Gasteiger partial charge in [0, 0.05) is 18.5 Å². The molecule has 1 amide bonds. The van der Waals surface area contributed by atoms with Gasteiger partial charge in [-0.15, -0.1) is 0 Å². The van der Waals surface area contributed by atoms with E-state index in [9.17, 15) is 9.59 Å². The molecule has 0 aromatic carbocycles. The Labute approximate surface area is 130 Å². The molecule has 1 fully saturated rings. The van der Waals surface area contributed by atoms with E-state index in [1.165, 1.54) is 7.11 Å². The lowest BCUT2D eigenvalue weighted by atomic mass is 9.94. The van der Waals surface area contributed by atoms with Crippen LogP contribution in [0.2, 0.25) is 0 Å². The molecule has 1 aliphatic heterocycles. The Morgan fingerprint density at radius 1 is 1.55 bits per heavy atom. The second kappa shape index (κ2) is 6.48. The van der Waals surface area contributed by atoms with Crippen LogP contribution in [-0.2, 0) is 26.3 Å². The highest BCUT2D eigenvalue weighted by molar-refractivity contribution is 5.87. The second-order valence-corrected chi connectivity index (χ2v) is 6.43. The van der Waals surface area contributed by atoms with Crippen molar-refractivity contribution in [3.8, 4) is 0 Å². The summed E-state index contributed by atoms with van der Waals surface area (Å²) in [7, 11) is 1.32. The lowest BCUT2D eigenvalue weighted by Gasteiger charge is -2.33. The third kappa shape index (κ3) is 3.85. The lowest BCUT2D eigenvalue weighted by Crippen LogP contribution is -2.55. The average molecular weight is 309 g/mol. The number of esters is 1.